The number of hydrogen-bond donors (Lipinski definition) is 1. The van der Waals surface area contributed by atoms with Crippen LogP contribution in [0.25, 0.3) is 12.2 Å². The van der Waals surface area contributed by atoms with Gasteiger partial charge in [0.1, 0.15) is 17.0 Å². The Hall–Kier alpha value is -3.63. The lowest BCUT2D eigenvalue weighted by atomic mass is 10.1. The molecule has 200 valence electrons. The molecule has 1 saturated carbocycles. The zero-order valence-corrected chi connectivity index (χ0v) is 23.5. The fourth-order valence-corrected chi connectivity index (χ4v) is 5.53. The van der Waals surface area contributed by atoms with E-state index in [1.165, 1.54) is 34.1 Å². The van der Waals surface area contributed by atoms with Gasteiger partial charge < -0.3 is 5.32 Å². The molecule has 0 spiro atoms. The standard InChI is InChI=1S/C29H26BrFN4O3S/c1-18(21-8-10-24(31)11-9-21)33-27(37)17-35-28(13-25(36)22-6-7-22)39-26(29(35)38)12-19-2-4-20(5-3-19)15-34-16-23(30)14-32-34/h2-5,8-14,16,18,22H,6-7,15,17H2,1H3,(H,33,37)/b26-12-,28-13-/t18-/m1/s1. The van der Waals surface area contributed by atoms with Gasteiger partial charge in [-0.05, 0) is 70.6 Å². The Kier molecular flexibility index (Phi) is 8.04. The van der Waals surface area contributed by atoms with E-state index in [2.05, 4.69) is 26.3 Å². The number of Topliss-reactive ketones (excluding diaryl/α,β-unsaturated/α-hetero) is 1. The number of hydrogen-bond acceptors (Lipinski definition) is 5. The van der Waals surface area contributed by atoms with Gasteiger partial charge in [0.25, 0.3) is 5.56 Å². The number of carbonyl (C=O) groups excluding carboxylic acids is 2. The molecule has 2 aromatic carbocycles. The van der Waals surface area contributed by atoms with Crippen molar-refractivity contribution < 1.29 is 14.0 Å². The van der Waals surface area contributed by atoms with Gasteiger partial charge in [-0.25, -0.2) is 4.39 Å². The molecule has 1 aliphatic rings. The molecule has 10 heteroatoms. The van der Waals surface area contributed by atoms with Crippen molar-refractivity contribution in [1.82, 2.24) is 19.7 Å². The highest BCUT2D eigenvalue weighted by molar-refractivity contribution is 9.10. The molecule has 1 amide bonds. The monoisotopic (exact) mass is 608 g/mol. The molecule has 39 heavy (non-hydrogen) atoms. The molecule has 0 saturated heterocycles. The van der Waals surface area contributed by atoms with Crippen molar-refractivity contribution in [2.24, 2.45) is 5.92 Å². The Morgan fingerprint density at radius 3 is 2.54 bits per heavy atom. The van der Waals surface area contributed by atoms with Gasteiger partial charge in [-0.2, -0.15) is 5.10 Å². The Bertz CT molecular complexity index is 1690. The first-order valence-electron chi connectivity index (χ1n) is 12.5. The summed E-state index contributed by atoms with van der Waals surface area (Å²) in [5.41, 5.74) is 2.31. The molecule has 7 nitrogen and oxygen atoms in total. The zero-order valence-electron chi connectivity index (χ0n) is 21.1. The summed E-state index contributed by atoms with van der Waals surface area (Å²) >= 11 is 4.59. The van der Waals surface area contributed by atoms with Crippen molar-refractivity contribution in [3.63, 3.8) is 0 Å². The third kappa shape index (κ3) is 6.88. The van der Waals surface area contributed by atoms with Crippen LogP contribution in [-0.2, 0) is 22.7 Å². The maximum atomic E-state index is 13.4. The molecule has 1 N–H and O–H groups in total. The SMILES string of the molecule is C[C@@H](NC(=O)Cn1c(=O)/c(=C/c2ccc(Cn3cc(Br)cn3)cc2)s/c1=C\C(=O)C1CC1)c1ccc(F)cc1. The predicted octanol–water partition coefficient (Wildman–Crippen LogP) is 3.52. The first-order chi connectivity index (χ1) is 18.7. The smallest absolute Gasteiger partial charge is 0.269 e. The van der Waals surface area contributed by atoms with E-state index < -0.39 is 0 Å². The third-order valence-corrected chi connectivity index (χ3v) is 7.92. The average Bonchev–Trinajstić information content (AvgIpc) is 3.63. The highest BCUT2D eigenvalue weighted by atomic mass is 79.9. The molecule has 0 radical (unpaired) electrons. The number of nitrogens with one attached hydrogen (secondary N) is 1. The van der Waals surface area contributed by atoms with Gasteiger partial charge in [0.15, 0.2) is 5.78 Å². The number of rotatable bonds is 9. The molecule has 0 aliphatic heterocycles. The lowest BCUT2D eigenvalue weighted by Crippen LogP contribution is -2.39. The second kappa shape index (κ2) is 11.6. The van der Waals surface area contributed by atoms with Crippen molar-refractivity contribution in [3.05, 3.63) is 107 Å². The van der Waals surface area contributed by atoms with E-state index in [-0.39, 0.29) is 41.6 Å². The number of aromatic nitrogens is 3. The van der Waals surface area contributed by atoms with Gasteiger partial charge in [0.2, 0.25) is 5.91 Å². The van der Waals surface area contributed by atoms with E-state index >= 15 is 0 Å². The molecule has 0 bridgehead atoms. The van der Waals surface area contributed by atoms with Crippen molar-refractivity contribution in [3.8, 4) is 0 Å². The van der Waals surface area contributed by atoms with Crippen molar-refractivity contribution in [1.29, 1.82) is 0 Å². The maximum absolute atomic E-state index is 13.4. The molecular weight excluding hydrogens is 583 g/mol. The van der Waals surface area contributed by atoms with E-state index in [1.807, 2.05) is 35.1 Å². The largest absolute Gasteiger partial charge is 0.348 e. The van der Waals surface area contributed by atoms with Crippen LogP contribution >= 0.6 is 27.3 Å². The number of amides is 1. The molecule has 1 atom stereocenters. The normalized spacial score (nSPS) is 14.9. The van der Waals surface area contributed by atoms with Gasteiger partial charge >= 0.3 is 0 Å². The number of benzene rings is 2. The van der Waals surface area contributed by atoms with Crippen LogP contribution in [0.2, 0.25) is 0 Å². The number of nitrogens with zero attached hydrogens (tertiary/aromatic N) is 3. The average molecular weight is 610 g/mol. The first-order valence-corrected chi connectivity index (χ1v) is 14.1. The Morgan fingerprint density at radius 1 is 1.18 bits per heavy atom. The fourth-order valence-electron chi connectivity index (χ4n) is 4.15. The molecule has 0 unspecified atom stereocenters. The van der Waals surface area contributed by atoms with Crippen molar-refractivity contribution in [2.45, 2.75) is 38.9 Å². The molecule has 1 aliphatic carbocycles. The fraction of sp³-hybridized carbons (Fsp3) is 0.241. The van der Waals surface area contributed by atoms with Gasteiger partial charge in [-0.3, -0.25) is 23.6 Å². The molecular formula is C29H26BrFN4O3S. The Balaban J connectivity index is 1.39. The highest BCUT2D eigenvalue weighted by Gasteiger charge is 2.28. The van der Waals surface area contributed by atoms with Crippen LogP contribution in [0.3, 0.4) is 0 Å². The van der Waals surface area contributed by atoms with E-state index in [0.717, 1.165) is 34.0 Å². The summed E-state index contributed by atoms with van der Waals surface area (Å²) < 4.78 is 18.2. The number of carbonyl (C=O) groups is 2. The van der Waals surface area contributed by atoms with Crippen LogP contribution in [0.4, 0.5) is 4.39 Å². The number of thiazole rings is 1. The lowest BCUT2D eigenvalue weighted by molar-refractivity contribution is -0.122. The van der Waals surface area contributed by atoms with Gasteiger partial charge in [-0.15, -0.1) is 11.3 Å². The van der Waals surface area contributed by atoms with Crippen molar-refractivity contribution in [2.75, 3.05) is 0 Å². The minimum absolute atomic E-state index is 0.00152. The van der Waals surface area contributed by atoms with Crippen molar-refractivity contribution >= 4 is 51.1 Å². The maximum Gasteiger partial charge on any atom is 0.269 e. The van der Waals surface area contributed by atoms with Crippen LogP contribution in [0.15, 0.2) is 70.2 Å². The van der Waals surface area contributed by atoms with Crippen LogP contribution in [0.5, 0.6) is 0 Å². The first kappa shape index (κ1) is 27.0. The van der Waals surface area contributed by atoms with Gasteiger partial charge in [-0.1, -0.05) is 36.4 Å². The summed E-state index contributed by atoms with van der Waals surface area (Å²) in [5, 5.41) is 7.13. The van der Waals surface area contributed by atoms with E-state index in [4.69, 9.17) is 0 Å². The highest BCUT2D eigenvalue weighted by Crippen LogP contribution is 2.30. The summed E-state index contributed by atoms with van der Waals surface area (Å²) in [6, 6.07) is 13.3. The molecule has 2 heterocycles. The van der Waals surface area contributed by atoms with Crippen LogP contribution in [0, 0.1) is 11.7 Å². The van der Waals surface area contributed by atoms with Gasteiger partial charge in [0, 0.05) is 18.2 Å². The minimum Gasteiger partial charge on any atom is -0.348 e. The summed E-state index contributed by atoms with van der Waals surface area (Å²) in [4.78, 5) is 38.8. The second-order valence-electron chi connectivity index (χ2n) is 9.60. The number of halogens is 2. The quantitative estimate of drug-likeness (QED) is 0.315. The van der Waals surface area contributed by atoms with E-state index in [1.54, 1.807) is 31.3 Å². The summed E-state index contributed by atoms with van der Waals surface area (Å²) in [6.45, 7) is 2.18. The molecule has 1 fully saturated rings. The van der Waals surface area contributed by atoms with Crippen LogP contribution in [-0.4, -0.2) is 26.0 Å². The molecule has 4 aromatic rings. The zero-order chi connectivity index (χ0) is 27.5. The van der Waals surface area contributed by atoms with E-state index in [0.29, 0.717) is 15.7 Å². The predicted molar refractivity (Wildman–Crippen MR) is 152 cm³/mol. The minimum atomic E-state index is -0.375. The van der Waals surface area contributed by atoms with Gasteiger partial charge in [0.05, 0.1) is 27.8 Å². The van der Waals surface area contributed by atoms with Crippen LogP contribution in [0.1, 0.15) is 42.5 Å². The molecule has 2 aromatic heterocycles. The Morgan fingerprint density at radius 2 is 1.90 bits per heavy atom. The lowest BCUT2D eigenvalue weighted by Gasteiger charge is -2.14. The third-order valence-electron chi connectivity index (χ3n) is 6.45. The Labute approximate surface area is 236 Å². The summed E-state index contributed by atoms with van der Waals surface area (Å²) in [7, 11) is 0. The van der Waals surface area contributed by atoms with E-state index in [9.17, 15) is 18.8 Å². The second-order valence-corrected chi connectivity index (χ2v) is 11.6. The summed E-state index contributed by atoms with van der Waals surface area (Å²) in [6.07, 6.45) is 8.59. The van der Waals surface area contributed by atoms with Crippen LogP contribution < -0.4 is 20.1 Å². The topological polar surface area (TPSA) is 86.0 Å². The summed E-state index contributed by atoms with van der Waals surface area (Å²) in [5.74, 6) is -0.752. The molecule has 5 rings (SSSR count). The number of ketones is 1.